The van der Waals surface area contributed by atoms with E-state index in [1.54, 1.807) is 18.9 Å². The van der Waals surface area contributed by atoms with Gasteiger partial charge in [-0.3, -0.25) is 5.10 Å². The highest BCUT2D eigenvalue weighted by molar-refractivity contribution is 7.98. The lowest BCUT2D eigenvalue weighted by molar-refractivity contribution is 0.411. The van der Waals surface area contributed by atoms with E-state index in [4.69, 9.17) is 10.5 Å². The van der Waals surface area contributed by atoms with Gasteiger partial charge in [-0.05, 0) is 13.0 Å². The summed E-state index contributed by atoms with van der Waals surface area (Å²) < 4.78 is 5.28. The third kappa shape index (κ3) is 2.91. The molecule has 0 saturated heterocycles. The third-order valence-electron chi connectivity index (χ3n) is 2.24. The van der Waals surface area contributed by atoms with Crippen molar-refractivity contribution in [2.24, 2.45) is 0 Å². The molecular weight excluding hydrogens is 236 g/mol. The van der Waals surface area contributed by atoms with Gasteiger partial charge in [-0.25, -0.2) is 4.98 Å². The Kier molecular flexibility index (Phi) is 3.53. The Balaban J connectivity index is 2.08. The maximum absolute atomic E-state index is 5.70. The van der Waals surface area contributed by atoms with Crippen molar-refractivity contribution in [1.82, 2.24) is 15.2 Å². The van der Waals surface area contributed by atoms with Gasteiger partial charge >= 0.3 is 0 Å². The molecule has 5 nitrogen and oxygen atoms in total. The van der Waals surface area contributed by atoms with Crippen LogP contribution in [-0.4, -0.2) is 22.3 Å². The molecule has 0 aliphatic carbocycles. The predicted octanol–water partition coefficient (Wildman–Crippen LogP) is 2.00. The summed E-state index contributed by atoms with van der Waals surface area (Å²) in [5, 5.41) is 7.61. The van der Waals surface area contributed by atoms with Crippen LogP contribution in [0.5, 0.6) is 5.75 Å². The molecule has 0 radical (unpaired) electrons. The molecule has 0 bridgehead atoms. The molecule has 0 spiro atoms. The zero-order chi connectivity index (χ0) is 12.3. The van der Waals surface area contributed by atoms with Gasteiger partial charge in [0.15, 0.2) is 0 Å². The van der Waals surface area contributed by atoms with Crippen molar-refractivity contribution in [3.05, 3.63) is 29.6 Å². The molecule has 2 aromatic rings. The number of H-pyrrole nitrogens is 1. The van der Waals surface area contributed by atoms with E-state index >= 15 is 0 Å². The smallest absolute Gasteiger partial charge is 0.208 e. The standard InChI is InChI=1S/C11H14N4OS/c1-7-13-11(15-14-7)17-6-8-3-4-9(12)5-10(8)16-2/h3-5H,6,12H2,1-2H3,(H,13,14,15). The Morgan fingerprint density at radius 2 is 2.29 bits per heavy atom. The molecular formula is C11H14N4OS. The fourth-order valence-electron chi connectivity index (χ4n) is 1.41. The van der Waals surface area contributed by atoms with E-state index in [0.29, 0.717) is 5.69 Å². The molecule has 2 rings (SSSR count). The van der Waals surface area contributed by atoms with Crippen molar-refractivity contribution in [2.45, 2.75) is 17.8 Å². The fourth-order valence-corrected chi connectivity index (χ4v) is 2.24. The summed E-state index contributed by atoms with van der Waals surface area (Å²) in [6, 6.07) is 5.64. The molecule has 90 valence electrons. The molecule has 1 aromatic carbocycles. The van der Waals surface area contributed by atoms with Crippen LogP contribution >= 0.6 is 11.8 Å². The van der Waals surface area contributed by atoms with E-state index in [1.165, 1.54) is 0 Å². The summed E-state index contributed by atoms with van der Waals surface area (Å²) in [7, 11) is 1.64. The number of aromatic amines is 1. The Hall–Kier alpha value is -1.69. The molecule has 1 aromatic heterocycles. The Morgan fingerprint density at radius 3 is 2.94 bits per heavy atom. The van der Waals surface area contributed by atoms with Crippen LogP contribution < -0.4 is 10.5 Å². The zero-order valence-electron chi connectivity index (χ0n) is 9.73. The highest BCUT2D eigenvalue weighted by atomic mass is 32.2. The average Bonchev–Trinajstić information content (AvgIpc) is 2.73. The normalized spacial score (nSPS) is 10.5. The van der Waals surface area contributed by atoms with Crippen LogP contribution in [0.4, 0.5) is 5.69 Å². The van der Waals surface area contributed by atoms with Gasteiger partial charge in [0.1, 0.15) is 11.6 Å². The number of hydrogen-bond donors (Lipinski definition) is 2. The van der Waals surface area contributed by atoms with Gasteiger partial charge in [0.05, 0.1) is 7.11 Å². The van der Waals surface area contributed by atoms with Crippen LogP contribution in [0.3, 0.4) is 0 Å². The maximum Gasteiger partial charge on any atom is 0.208 e. The number of benzene rings is 1. The molecule has 0 aliphatic rings. The first kappa shape index (κ1) is 11.8. The van der Waals surface area contributed by atoms with E-state index in [-0.39, 0.29) is 0 Å². The molecule has 0 fully saturated rings. The minimum atomic E-state index is 0.698. The minimum Gasteiger partial charge on any atom is -0.496 e. The summed E-state index contributed by atoms with van der Waals surface area (Å²) in [5.41, 5.74) is 7.47. The minimum absolute atomic E-state index is 0.698. The molecule has 3 N–H and O–H groups in total. The summed E-state index contributed by atoms with van der Waals surface area (Å²) in [5.74, 6) is 2.36. The average molecular weight is 250 g/mol. The van der Waals surface area contributed by atoms with E-state index in [2.05, 4.69) is 15.2 Å². The molecule has 0 amide bonds. The number of aromatic nitrogens is 3. The molecule has 17 heavy (non-hydrogen) atoms. The molecule has 0 saturated carbocycles. The second kappa shape index (κ2) is 5.09. The number of nitrogens with two attached hydrogens (primary N) is 1. The maximum atomic E-state index is 5.70. The number of aryl methyl sites for hydroxylation is 1. The van der Waals surface area contributed by atoms with Crippen molar-refractivity contribution in [3.8, 4) is 5.75 Å². The van der Waals surface area contributed by atoms with E-state index in [9.17, 15) is 0 Å². The lowest BCUT2D eigenvalue weighted by Gasteiger charge is -2.07. The lowest BCUT2D eigenvalue weighted by atomic mass is 10.2. The van der Waals surface area contributed by atoms with Gasteiger partial charge in [0, 0.05) is 23.1 Å². The van der Waals surface area contributed by atoms with Crippen molar-refractivity contribution >= 4 is 17.4 Å². The van der Waals surface area contributed by atoms with Crippen molar-refractivity contribution < 1.29 is 4.74 Å². The van der Waals surface area contributed by atoms with Crippen LogP contribution in [-0.2, 0) is 5.75 Å². The summed E-state index contributed by atoms with van der Waals surface area (Å²) in [6.07, 6.45) is 0. The van der Waals surface area contributed by atoms with Gasteiger partial charge in [-0.2, -0.15) is 0 Å². The van der Waals surface area contributed by atoms with Gasteiger partial charge < -0.3 is 10.5 Å². The molecule has 1 heterocycles. The van der Waals surface area contributed by atoms with Gasteiger partial charge in [-0.1, -0.05) is 17.8 Å². The second-order valence-electron chi connectivity index (χ2n) is 3.56. The van der Waals surface area contributed by atoms with Crippen molar-refractivity contribution in [2.75, 3.05) is 12.8 Å². The van der Waals surface area contributed by atoms with Crippen LogP contribution in [0.2, 0.25) is 0 Å². The first-order valence-electron chi connectivity index (χ1n) is 5.13. The first-order chi connectivity index (χ1) is 8.19. The zero-order valence-corrected chi connectivity index (χ0v) is 10.5. The number of hydrogen-bond acceptors (Lipinski definition) is 5. The van der Waals surface area contributed by atoms with Crippen molar-refractivity contribution in [1.29, 1.82) is 0 Å². The predicted molar refractivity (Wildman–Crippen MR) is 68.1 cm³/mol. The van der Waals surface area contributed by atoms with E-state index in [0.717, 1.165) is 28.0 Å². The van der Waals surface area contributed by atoms with Crippen LogP contribution in [0, 0.1) is 6.92 Å². The highest BCUT2D eigenvalue weighted by Crippen LogP contribution is 2.27. The quantitative estimate of drug-likeness (QED) is 0.641. The molecule has 0 aliphatic heterocycles. The number of thioether (sulfide) groups is 1. The Morgan fingerprint density at radius 1 is 1.47 bits per heavy atom. The monoisotopic (exact) mass is 250 g/mol. The fraction of sp³-hybridized carbons (Fsp3) is 0.273. The first-order valence-corrected chi connectivity index (χ1v) is 6.12. The Bertz CT molecular complexity index is 512. The number of nitrogens with one attached hydrogen (secondary N) is 1. The second-order valence-corrected chi connectivity index (χ2v) is 4.51. The SMILES string of the molecule is COc1cc(N)ccc1CSc1n[nH]c(C)n1. The lowest BCUT2D eigenvalue weighted by Crippen LogP contribution is -1.93. The summed E-state index contributed by atoms with van der Waals surface area (Å²) in [4.78, 5) is 4.23. The number of nitrogen functional groups attached to an aromatic ring is 1. The largest absolute Gasteiger partial charge is 0.496 e. The number of methoxy groups -OCH3 is 1. The van der Waals surface area contributed by atoms with Gasteiger partial charge in [-0.15, -0.1) is 5.10 Å². The number of rotatable bonds is 4. The molecule has 0 atom stereocenters. The van der Waals surface area contributed by atoms with E-state index < -0.39 is 0 Å². The van der Waals surface area contributed by atoms with Crippen molar-refractivity contribution in [3.63, 3.8) is 0 Å². The van der Waals surface area contributed by atoms with Crippen LogP contribution in [0.15, 0.2) is 23.4 Å². The van der Waals surface area contributed by atoms with Crippen LogP contribution in [0.1, 0.15) is 11.4 Å². The van der Waals surface area contributed by atoms with Gasteiger partial charge in [0.25, 0.3) is 0 Å². The van der Waals surface area contributed by atoms with Gasteiger partial charge in [0.2, 0.25) is 5.16 Å². The molecule has 6 heteroatoms. The highest BCUT2D eigenvalue weighted by Gasteiger charge is 2.06. The number of nitrogens with zero attached hydrogens (tertiary/aromatic N) is 2. The third-order valence-corrected chi connectivity index (χ3v) is 3.14. The number of anilines is 1. The van der Waals surface area contributed by atoms with Crippen LogP contribution in [0.25, 0.3) is 0 Å². The summed E-state index contributed by atoms with van der Waals surface area (Å²) >= 11 is 1.56. The number of ether oxygens (including phenoxy) is 1. The van der Waals surface area contributed by atoms with E-state index in [1.807, 2.05) is 25.1 Å². The molecule has 0 unspecified atom stereocenters. The Labute approximate surface area is 104 Å². The topological polar surface area (TPSA) is 76.8 Å². The summed E-state index contributed by atoms with van der Waals surface area (Å²) in [6.45, 7) is 1.88.